The Labute approximate surface area is 61.4 Å². The molecule has 0 saturated carbocycles. The number of aliphatic hydroxyl groups excluding tert-OH is 1. The van der Waals surface area contributed by atoms with E-state index in [1.54, 1.807) is 0 Å². The first-order valence-electron chi connectivity index (χ1n) is 3.48. The highest BCUT2D eigenvalue weighted by Gasteiger charge is 2.04. The van der Waals surface area contributed by atoms with Gasteiger partial charge in [-0.2, -0.15) is 0 Å². The molecule has 0 aromatic rings. The van der Waals surface area contributed by atoms with E-state index in [9.17, 15) is 0 Å². The van der Waals surface area contributed by atoms with Gasteiger partial charge in [0.1, 0.15) is 0 Å². The van der Waals surface area contributed by atoms with Crippen molar-refractivity contribution in [3.8, 4) is 0 Å². The summed E-state index contributed by atoms with van der Waals surface area (Å²) in [7, 11) is 0. The lowest BCUT2D eigenvalue weighted by atomic mass is 9.98. The molecule has 0 bridgehead atoms. The third kappa shape index (κ3) is 1.58. The molecule has 0 fully saturated rings. The third-order valence-corrected chi connectivity index (χ3v) is 1.69. The molecule has 1 heteroatoms. The van der Waals surface area contributed by atoms with Crippen molar-refractivity contribution in [2.24, 2.45) is 5.92 Å². The molecule has 0 heterocycles. The van der Waals surface area contributed by atoms with E-state index in [1.165, 1.54) is 0 Å². The Morgan fingerprint density at radius 1 is 1.80 bits per heavy atom. The van der Waals surface area contributed by atoms with E-state index in [2.05, 4.69) is 12.7 Å². The van der Waals surface area contributed by atoms with Crippen LogP contribution in [0.25, 0.3) is 0 Å². The van der Waals surface area contributed by atoms with Gasteiger partial charge in [0.05, 0.1) is 0 Å². The second-order valence-corrected chi connectivity index (χ2v) is 2.45. The fourth-order valence-corrected chi connectivity index (χ4v) is 0.968. The fraction of sp³-hybridized carbons (Fsp3) is 0.333. The van der Waals surface area contributed by atoms with Crippen molar-refractivity contribution in [1.29, 1.82) is 0 Å². The van der Waals surface area contributed by atoms with Crippen LogP contribution in [0.3, 0.4) is 0 Å². The molecule has 0 amide bonds. The second-order valence-electron chi connectivity index (χ2n) is 2.45. The summed E-state index contributed by atoms with van der Waals surface area (Å²) >= 11 is 0. The zero-order valence-electron chi connectivity index (χ0n) is 5.96. The van der Waals surface area contributed by atoms with Crippen molar-refractivity contribution in [3.05, 3.63) is 36.5 Å². The monoisotopic (exact) mass is 136 g/mol. The van der Waals surface area contributed by atoms with Crippen molar-refractivity contribution >= 4 is 0 Å². The van der Waals surface area contributed by atoms with Crippen molar-refractivity contribution < 1.29 is 5.11 Å². The zero-order valence-corrected chi connectivity index (χ0v) is 5.96. The van der Waals surface area contributed by atoms with Crippen LogP contribution in [0.4, 0.5) is 0 Å². The minimum Gasteiger partial charge on any atom is -0.396 e. The Kier molecular flexibility index (Phi) is 2.46. The maximum Gasteiger partial charge on any atom is 0.0496 e. The van der Waals surface area contributed by atoms with Crippen LogP contribution in [0.15, 0.2) is 36.5 Å². The standard InChI is InChI=1S/C9H12O/c1-2-8-3-5-9(7-10)6-4-8/h2-5,9-10H,1,6-7H2. The summed E-state index contributed by atoms with van der Waals surface area (Å²) in [6, 6.07) is 0. The predicted molar refractivity (Wildman–Crippen MR) is 42.6 cm³/mol. The fourth-order valence-electron chi connectivity index (χ4n) is 0.968. The minimum absolute atomic E-state index is 0.247. The highest BCUT2D eigenvalue weighted by molar-refractivity contribution is 5.32. The average molecular weight is 136 g/mol. The van der Waals surface area contributed by atoms with Gasteiger partial charge in [0, 0.05) is 12.5 Å². The largest absolute Gasteiger partial charge is 0.396 e. The van der Waals surface area contributed by atoms with E-state index >= 15 is 0 Å². The van der Waals surface area contributed by atoms with Gasteiger partial charge in [-0.1, -0.05) is 30.9 Å². The van der Waals surface area contributed by atoms with E-state index in [1.807, 2.05) is 18.2 Å². The van der Waals surface area contributed by atoms with E-state index in [0.29, 0.717) is 5.92 Å². The van der Waals surface area contributed by atoms with Crippen LogP contribution in [0, 0.1) is 5.92 Å². The maximum absolute atomic E-state index is 8.74. The Morgan fingerprint density at radius 2 is 2.60 bits per heavy atom. The van der Waals surface area contributed by atoms with Crippen LogP contribution in [0.5, 0.6) is 0 Å². The van der Waals surface area contributed by atoms with Gasteiger partial charge in [0.15, 0.2) is 0 Å². The first-order valence-corrected chi connectivity index (χ1v) is 3.48. The van der Waals surface area contributed by atoms with Crippen molar-refractivity contribution in [2.45, 2.75) is 6.42 Å². The van der Waals surface area contributed by atoms with Gasteiger partial charge in [-0.05, 0) is 12.0 Å². The molecule has 1 nitrogen and oxygen atoms in total. The number of rotatable bonds is 2. The van der Waals surface area contributed by atoms with Crippen LogP contribution < -0.4 is 0 Å². The quantitative estimate of drug-likeness (QED) is 0.612. The number of allylic oxidation sites excluding steroid dienone is 4. The molecule has 0 aliphatic heterocycles. The van der Waals surface area contributed by atoms with Gasteiger partial charge in [0.25, 0.3) is 0 Å². The highest BCUT2D eigenvalue weighted by Crippen LogP contribution is 2.15. The summed E-state index contributed by atoms with van der Waals surface area (Å²) in [6.45, 7) is 3.90. The van der Waals surface area contributed by atoms with Gasteiger partial charge < -0.3 is 5.11 Å². The summed E-state index contributed by atoms with van der Waals surface area (Å²) in [5.41, 5.74) is 1.16. The molecule has 1 rings (SSSR count). The molecule has 54 valence electrons. The topological polar surface area (TPSA) is 20.2 Å². The Hall–Kier alpha value is -0.820. The third-order valence-electron chi connectivity index (χ3n) is 1.69. The summed E-state index contributed by atoms with van der Waals surface area (Å²) in [5.74, 6) is 0.323. The van der Waals surface area contributed by atoms with Crippen molar-refractivity contribution in [3.63, 3.8) is 0 Å². The number of hydrogen-bond donors (Lipinski definition) is 1. The van der Waals surface area contributed by atoms with E-state index in [4.69, 9.17) is 5.11 Å². The van der Waals surface area contributed by atoms with E-state index < -0.39 is 0 Å². The van der Waals surface area contributed by atoms with Crippen molar-refractivity contribution in [1.82, 2.24) is 0 Å². The molecule has 1 aliphatic rings. The van der Waals surface area contributed by atoms with Gasteiger partial charge in [0.2, 0.25) is 0 Å². The molecule has 1 aliphatic carbocycles. The van der Waals surface area contributed by atoms with E-state index in [-0.39, 0.29) is 6.61 Å². The smallest absolute Gasteiger partial charge is 0.0496 e. The average Bonchev–Trinajstić information content (AvgIpc) is 2.05. The number of hydrogen-bond acceptors (Lipinski definition) is 1. The van der Waals surface area contributed by atoms with Gasteiger partial charge in [-0.3, -0.25) is 0 Å². The lowest BCUT2D eigenvalue weighted by Gasteiger charge is -2.10. The molecule has 10 heavy (non-hydrogen) atoms. The Bertz CT molecular complexity index is 177. The second kappa shape index (κ2) is 3.37. The predicted octanol–water partition coefficient (Wildman–Crippen LogP) is 1.67. The molecule has 1 N–H and O–H groups in total. The lowest BCUT2D eigenvalue weighted by molar-refractivity contribution is 0.253. The Morgan fingerprint density at radius 3 is 3.00 bits per heavy atom. The van der Waals surface area contributed by atoms with Crippen LogP contribution in [0.1, 0.15) is 6.42 Å². The summed E-state index contributed by atoms with van der Waals surface area (Å²) in [5, 5.41) is 8.74. The SMILES string of the molecule is C=CC1=CCC(CO)C=C1. The molecule has 0 aromatic carbocycles. The molecule has 0 saturated heterocycles. The normalized spacial score (nSPS) is 24.1. The minimum atomic E-state index is 0.247. The molecule has 0 aromatic heterocycles. The summed E-state index contributed by atoms with van der Waals surface area (Å²) < 4.78 is 0. The molecule has 0 spiro atoms. The van der Waals surface area contributed by atoms with E-state index in [0.717, 1.165) is 12.0 Å². The first-order chi connectivity index (χ1) is 4.86. The first kappa shape index (κ1) is 7.29. The zero-order chi connectivity index (χ0) is 7.40. The summed E-state index contributed by atoms with van der Waals surface area (Å²) in [6.07, 6.45) is 8.88. The van der Waals surface area contributed by atoms with Crippen LogP contribution in [-0.2, 0) is 0 Å². The number of aliphatic hydroxyl groups is 1. The molecule has 0 radical (unpaired) electrons. The van der Waals surface area contributed by atoms with Crippen LogP contribution in [0.2, 0.25) is 0 Å². The molecule has 1 atom stereocenters. The molecular formula is C9H12O. The molecular weight excluding hydrogens is 124 g/mol. The maximum atomic E-state index is 8.74. The van der Waals surface area contributed by atoms with Gasteiger partial charge >= 0.3 is 0 Å². The lowest BCUT2D eigenvalue weighted by Crippen LogP contribution is -2.03. The summed E-state index contributed by atoms with van der Waals surface area (Å²) in [4.78, 5) is 0. The van der Waals surface area contributed by atoms with Crippen LogP contribution in [-0.4, -0.2) is 11.7 Å². The van der Waals surface area contributed by atoms with Gasteiger partial charge in [-0.25, -0.2) is 0 Å². The Balaban J connectivity index is 2.54. The van der Waals surface area contributed by atoms with Crippen LogP contribution >= 0.6 is 0 Å². The highest BCUT2D eigenvalue weighted by atomic mass is 16.3. The van der Waals surface area contributed by atoms with Crippen molar-refractivity contribution in [2.75, 3.05) is 6.61 Å². The van der Waals surface area contributed by atoms with Gasteiger partial charge in [-0.15, -0.1) is 0 Å². The molecule has 1 unspecified atom stereocenters.